The van der Waals surface area contributed by atoms with Crippen molar-refractivity contribution in [3.8, 4) is 11.3 Å². The molecule has 5 rings (SSSR count). The molecule has 1 aliphatic rings. The molecule has 6 nitrogen and oxygen atoms in total. The van der Waals surface area contributed by atoms with Gasteiger partial charge >= 0.3 is 5.97 Å². The zero-order valence-electron chi connectivity index (χ0n) is 17.3. The summed E-state index contributed by atoms with van der Waals surface area (Å²) >= 11 is 0. The Hall–Kier alpha value is -3.67. The number of hydrogen-bond donors (Lipinski definition) is 2. The number of likely N-dealkylation sites (tertiary alicyclic amines) is 1. The number of rotatable bonds is 3. The summed E-state index contributed by atoms with van der Waals surface area (Å²) in [5.41, 5.74) is 5.14. The number of carbonyl (C=O) groups is 2. The molecule has 0 aliphatic carbocycles. The van der Waals surface area contributed by atoms with Gasteiger partial charge in [-0.15, -0.1) is 0 Å². The normalized spacial score (nSPS) is 14.9. The highest BCUT2D eigenvalue weighted by Gasteiger charge is 2.29. The number of hydrogen-bond acceptors (Lipinski definition) is 3. The molecule has 0 atom stereocenters. The smallest absolute Gasteiger partial charge is 0.306 e. The number of carbonyl (C=O) groups excluding carboxylic acids is 1. The molecular weight excluding hydrogens is 390 g/mol. The van der Waals surface area contributed by atoms with Crippen LogP contribution in [-0.2, 0) is 4.79 Å². The second-order valence-corrected chi connectivity index (χ2v) is 8.17. The summed E-state index contributed by atoms with van der Waals surface area (Å²) in [6.45, 7) is 2.91. The van der Waals surface area contributed by atoms with Gasteiger partial charge in [0.25, 0.3) is 5.91 Å². The number of nitrogens with one attached hydrogen (secondary N) is 1. The largest absolute Gasteiger partial charge is 0.481 e. The average Bonchev–Trinajstić information content (AvgIpc) is 3.17. The first-order valence-electron chi connectivity index (χ1n) is 10.5. The maximum Gasteiger partial charge on any atom is 0.306 e. The maximum atomic E-state index is 13.4. The van der Waals surface area contributed by atoms with Gasteiger partial charge in [0, 0.05) is 34.9 Å². The third kappa shape index (κ3) is 3.34. The van der Waals surface area contributed by atoms with Crippen molar-refractivity contribution in [1.82, 2.24) is 14.9 Å². The van der Waals surface area contributed by atoms with Gasteiger partial charge in [-0.05, 0) is 37.5 Å². The fraction of sp³-hybridized carbons (Fsp3) is 0.240. The lowest BCUT2D eigenvalue weighted by atomic mass is 9.96. The minimum Gasteiger partial charge on any atom is -0.481 e. The summed E-state index contributed by atoms with van der Waals surface area (Å²) in [5.74, 6) is -1.31. The van der Waals surface area contributed by atoms with Crippen LogP contribution in [0.4, 0.5) is 0 Å². The number of nitrogens with zero attached hydrogens (tertiary/aromatic N) is 2. The molecule has 2 aromatic carbocycles. The van der Waals surface area contributed by atoms with Crippen LogP contribution in [0.15, 0.2) is 54.6 Å². The Morgan fingerprint density at radius 3 is 2.48 bits per heavy atom. The average molecular weight is 413 g/mol. The number of carboxylic acid groups (broad SMARTS) is 1. The van der Waals surface area contributed by atoms with E-state index in [0.717, 1.165) is 38.6 Å². The lowest BCUT2D eigenvalue weighted by molar-refractivity contribution is -0.143. The predicted octanol–water partition coefficient (Wildman–Crippen LogP) is 4.63. The molecule has 0 spiro atoms. The van der Waals surface area contributed by atoms with E-state index in [0.29, 0.717) is 31.6 Å². The summed E-state index contributed by atoms with van der Waals surface area (Å²) in [7, 11) is 0. The third-order valence-electron chi connectivity index (χ3n) is 6.25. The molecular formula is C25H23N3O3. The molecule has 0 bridgehead atoms. The molecule has 2 aromatic heterocycles. The van der Waals surface area contributed by atoms with Gasteiger partial charge in [-0.25, -0.2) is 4.98 Å². The summed E-state index contributed by atoms with van der Waals surface area (Å²) in [5, 5.41) is 11.3. The van der Waals surface area contributed by atoms with Gasteiger partial charge < -0.3 is 15.0 Å². The first-order valence-corrected chi connectivity index (χ1v) is 10.5. The Labute approximate surface area is 179 Å². The SMILES string of the molecule is Cc1ccccc1-c1nc(C(=O)N2CCC(C(=O)O)CC2)cc2c1[nH]c1ccccc12. The van der Waals surface area contributed by atoms with E-state index in [-0.39, 0.29) is 11.8 Å². The number of piperidine rings is 1. The Balaban J connectivity index is 1.64. The Bertz CT molecular complexity index is 1320. The lowest BCUT2D eigenvalue weighted by Crippen LogP contribution is -2.40. The minimum atomic E-state index is -0.785. The number of aromatic amines is 1. The van der Waals surface area contributed by atoms with E-state index in [2.05, 4.69) is 4.98 Å². The number of carboxylic acids is 1. The molecule has 6 heteroatoms. The number of amides is 1. The molecule has 0 radical (unpaired) electrons. The topological polar surface area (TPSA) is 86.3 Å². The van der Waals surface area contributed by atoms with Crippen LogP contribution in [0.5, 0.6) is 0 Å². The molecule has 1 saturated heterocycles. The second-order valence-electron chi connectivity index (χ2n) is 8.17. The second kappa shape index (κ2) is 7.54. The first kappa shape index (κ1) is 19.3. The molecule has 156 valence electrons. The first-order chi connectivity index (χ1) is 15.0. The van der Waals surface area contributed by atoms with Crippen LogP contribution in [0.1, 0.15) is 28.9 Å². The maximum absolute atomic E-state index is 13.4. The highest BCUT2D eigenvalue weighted by molar-refractivity contribution is 6.13. The fourth-order valence-electron chi connectivity index (χ4n) is 4.48. The highest BCUT2D eigenvalue weighted by atomic mass is 16.4. The zero-order valence-corrected chi connectivity index (χ0v) is 17.3. The summed E-state index contributed by atoms with van der Waals surface area (Å²) in [6.07, 6.45) is 0.947. The molecule has 3 heterocycles. The van der Waals surface area contributed by atoms with Crippen molar-refractivity contribution in [2.75, 3.05) is 13.1 Å². The van der Waals surface area contributed by atoms with Gasteiger partial charge in [-0.2, -0.15) is 0 Å². The van der Waals surface area contributed by atoms with Crippen molar-refractivity contribution >= 4 is 33.7 Å². The molecule has 1 amide bonds. The van der Waals surface area contributed by atoms with Crippen molar-refractivity contribution in [2.45, 2.75) is 19.8 Å². The molecule has 0 unspecified atom stereocenters. The molecule has 1 fully saturated rings. The van der Waals surface area contributed by atoms with Gasteiger partial charge in [-0.3, -0.25) is 9.59 Å². The zero-order chi connectivity index (χ0) is 21.5. The number of H-pyrrole nitrogens is 1. The highest BCUT2D eigenvalue weighted by Crippen LogP contribution is 2.34. The van der Waals surface area contributed by atoms with Crippen molar-refractivity contribution in [2.24, 2.45) is 5.92 Å². The monoisotopic (exact) mass is 413 g/mol. The van der Waals surface area contributed by atoms with Crippen LogP contribution in [-0.4, -0.2) is 44.9 Å². The van der Waals surface area contributed by atoms with Crippen molar-refractivity contribution < 1.29 is 14.7 Å². The van der Waals surface area contributed by atoms with E-state index in [1.54, 1.807) is 4.90 Å². The minimum absolute atomic E-state index is 0.147. The Morgan fingerprint density at radius 1 is 1.03 bits per heavy atom. The number of aromatic nitrogens is 2. The molecule has 1 aliphatic heterocycles. The van der Waals surface area contributed by atoms with E-state index in [9.17, 15) is 14.7 Å². The van der Waals surface area contributed by atoms with Crippen LogP contribution in [0.25, 0.3) is 33.1 Å². The van der Waals surface area contributed by atoms with E-state index in [1.165, 1.54) is 0 Å². The lowest BCUT2D eigenvalue weighted by Gasteiger charge is -2.30. The van der Waals surface area contributed by atoms with Crippen LogP contribution < -0.4 is 0 Å². The van der Waals surface area contributed by atoms with Gasteiger partial charge in [0.2, 0.25) is 0 Å². The van der Waals surface area contributed by atoms with Gasteiger partial charge in [0.1, 0.15) is 5.69 Å². The van der Waals surface area contributed by atoms with E-state index in [1.807, 2.05) is 61.5 Å². The summed E-state index contributed by atoms with van der Waals surface area (Å²) in [6, 6.07) is 17.9. The molecule has 4 aromatic rings. The van der Waals surface area contributed by atoms with Gasteiger partial charge in [-0.1, -0.05) is 42.5 Å². The van der Waals surface area contributed by atoms with Crippen LogP contribution >= 0.6 is 0 Å². The number of para-hydroxylation sites is 1. The van der Waals surface area contributed by atoms with Crippen LogP contribution in [0, 0.1) is 12.8 Å². The van der Waals surface area contributed by atoms with E-state index >= 15 is 0 Å². The van der Waals surface area contributed by atoms with Crippen molar-refractivity contribution in [3.63, 3.8) is 0 Å². The van der Waals surface area contributed by atoms with Crippen LogP contribution in [0.2, 0.25) is 0 Å². The number of benzene rings is 2. The summed E-state index contributed by atoms with van der Waals surface area (Å²) in [4.78, 5) is 34.6. The standard InChI is InChI=1S/C25H23N3O3/c1-15-6-2-3-7-17(15)22-23-19(18-8-4-5-9-20(18)26-23)14-21(27-22)24(29)28-12-10-16(11-13-28)25(30)31/h2-9,14,16,26H,10-13H2,1H3,(H,30,31). The fourth-order valence-corrected chi connectivity index (χ4v) is 4.48. The van der Waals surface area contributed by atoms with E-state index in [4.69, 9.17) is 4.98 Å². The van der Waals surface area contributed by atoms with Crippen LogP contribution in [0.3, 0.4) is 0 Å². The predicted molar refractivity (Wildman–Crippen MR) is 120 cm³/mol. The Morgan fingerprint density at radius 2 is 1.74 bits per heavy atom. The van der Waals surface area contributed by atoms with Gasteiger partial charge in [0.15, 0.2) is 0 Å². The number of aliphatic carboxylic acids is 1. The molecule has 31 heavy (non-hydrogen) atoms. The van der Waals surface area contributed by atoms with Gasteiger partial charge in [0.05, 0.1) is 17.1 Å². The van der Waals surface area contributed by atoms with E-state index < -0.39 is 5.97 Å². The number of pyridine rings is 1. The molecule has 2 N–H and O–H groups in total. The Kier molecular flexibility index (Phi) is 4.70. The third-order valence-corrected chi connectivity index (χ3v) is 6.25. The van der Waals surface area contributed by atoms with Crippen molar-refractivity contribution in [3.05, 3.63) is 65.9 Å². The molecule has 0 saturated carbocycles. The quantitative estimate of drug-likeness (QED) is 0.513. The van der Waals surface area contributed by atoms with Crippen molar-refractivity contribution in [1.29, 1.82) is 0 Å². The number of fused-ring (bicyclic) bond motifs is 3. The summed E-state index contributed by atoms with van der Waals surface area (Å²) < 4.78 is 0. The number of aryl methyl sites for hydroxylation is 1.